The SMILES string of the molecule is CCN(CC)C(=O)Oc1ccc2c(ccn2Cc2ccc(F)c(F)c2)c1-c1ccc(OC)c(OC)c1. The lowest BCUT2D eigenvalue weighted by Crippen LogP contribution is -2.33. The van der Waals surface area contributed by atoms with Crippen LogP contribution in [0.3, 0.4) is 0 Å². The van der Waals surface area contributed by atoms with Gasteiger partial charge in [-0.05, 0) is 67.4 Å². The quantitative estimate of drug-likeness (QED) is 0.281. The molecule has 4 aromatic rings. The van der Waals surface area contributed by atoms with Crippen LogP contribution in [-0.4, -0.2) is 42.9 Å². The molecule has 0 aliphatic rings. The van der Waals surface area contributed by atoms with E-state index in [9.17, 15) is 13.6 Å². The van der Waals surface area contributed by atoms with E-state index in [1.54, 1.807) is 37.3 Å². The van der Waals surface area contributed by atoms with Crippen LogP contribution in [0.1, 0.15) is 19.4 Å². The first-order chi connectivity index (χ1) is 17.4. The fourth-order valence-electron chi connectivity index (χ4n) is 4.24. The number of ether oxygens (including phenoxy) is 3. The Labute approximate surface area is 208 Å². The van der Waals surface area contributed by atoms with Gasteiger partial charge in [-0.25, -0.2) is 13.6 Å². The van der Waals surface area contributed by atoms with Gasteiger partial charge in [0.05, 0.1) is 14.2 Å². The summed E-state index contributed by atoms with van der Waals surface area (Å²) in [5.74, 6) is -0.260. The zero-order valence-electron chi connectivity index (χ0n) is 20.7. The lowest BCUT2D eigenvalue weighted by molar-refractivity contribution is 0.157. The predicted octanol–water partition coefficient (Wildman–Crippen LogP) is 6.49. The van der Waals surface area contributed by atoms with Gasteiger partial charge in [0.25, 0.3) is 0 Å². The lowest BCUT2D eigenvalue weighted by atomic mass is 10.00. The van der Waals surface area contributed by atoms with Crippen molar-refractivity contribution in [3.8, 4) is 28.4 Å². The predicted molar refractivity (Wildman–Crippen MR) is 135 cm³/mol. The number of hydrogen-bond acceptors (Lipinski definition) is 4. The highest BCUT2D eigenvalue weighted by Gasteiger charge is 2.20. The highest BCUT2D eigenvalue weighted by molar-refractivity contribution is 6.00. The van der Waals surface area contributed by atoms with E-state index >= 15 is 0 Å². The molecule has 1 amide bonds. The number of carbonyl (C=O) groups excluding carboxylic acids is 1. The number of nitrogens with zero attached hydrogens (tertiary/aromatic N) is 2. The first kappa shape index (κ1) is 25.0. The maximum absolute atomic E-state index is 13.8. The van der Waals surface area contributed by atoms with Crippen molar-refractivity contribution in [3.05, 3.63) is 78.0 Å². The Hall–Kier alpha value is -4.07. The van der Waals surface area contributed by atoms with Gasteiger partial charge in [0.2, 0.25) is 0 Å². The van der Waals surface area contributed by atoms with Crippen LogP contribution in [0.25, 0.3) is 22.0 Å². The third-order valence-electron chi connectivity index (χ3n) is 6.14. The molecule has 0 bridgehead atoms. The normalized spacial score (nSPS) is 10.9. The highest BCUT2D eigenvalue weighted by atomic mass is 19.2. The van der Waals surface area contributed by atoms with Gasteiger partial charge in [-0.3, -0.25) is 0 Å². The second kappa shape index (κ2) is 10.7. The Morgan fingerprint density at radius 3 is 2.25 bits per heavy atom. The number of carbonyl (C=O) groups is 1. The third kappa shape index (κ3) is 4.84. The number of halogens is 2. The van der Waals surface area contributed by atoms with Crippen molar-refractivity contribution >= 4 is 17.0 Å². The number of hydrogen-bond donors (Lipinski definition) is 0. The first-order valence-corrected chi connectivity index (χ1v) is 11.6. The van der Waals surface area contributed by atoms with Gasteiger partial charge in [0.1, 0.15) is 5.75 Å². The second-order valence-corrected chi connectivity index (χ2v) is 8.17. The highest BCUT2D eigenvalue weighted by Crippen LogP contribution is 2.41. The van der Waals surface area contributed by atoms with E-state index in [-0.39, 0.29) is 0 Å². The summed E-state index contributed by atoms with van der Waals surface area (Å²) in [5, 5.41) is 0.828. The summed E-state index contributed by atoms with van der Waals surface area (Å²) < 4.78 is 45.8. The van der Waals surface area contributed by atoms with Crippen molar-refractivity contribution < 1.29 is 27.8 Å². The molecule has 0 saturated carbocycles. The fraction of sp³-hybridized carbons (Fsp3) is 0.250. The molecule has 36 heavy (non-hydrogen) atoms. The Kier molecular flexibility index (Phi) is 7.43. The molecular weight excluding hydrogens is 466 g/mol. The van der Waals surface area contributed by atoms with Crippen molar-refractivity contribution in [2.75, 3.05) is 27.3 Å². The number of fused-ring (bicyclic) bond motifs is 1. The molecule has 8 heteroatoms. The summed E-state index contributed by atoms with van der Waals surface area (Å²) in [6.45, 7) is 5.16. The summed E-state index contributed by atoms with van der Waals surface area (Å²) in [6, 6.07) is 14.9. The molecule has 3 aromatic carbocycles. The maximum atomic E-state index is 13.8. The van der Waals surface area contributed by atoms with Crippen LogP contribution in [0.4, 0.5) is 13.6 Å². The molecule has 4 rings (SSSR count). The minimum absolute atomic E-state index is 0.338. The molecule has 0 unspecified atom stereocenters. The average Bonchev–Trinajstić information content (AvgIpc) is 3.29. The molecule has 0 saturated heterocycles. The summed E-state index contributed by atoms with van der Waals surface area (Å²) >= 11 is 0. The zero-order chi connectivity index (χ0) is 25.8. The second-order valence-electron chi connectivity index (χ2n) is 8.17. The first-order valence-electron chi connectivity index (χ1n) is 11.6. The molecule has 1 aromatic heterocycles. The van der Waals surface area contributed by atoms with Gasteiger partial charge in [-0.1, -0.05) is 12.1 Å². The smallest absolute Gasteiger partial charge is 0.415 e. The molecule has 1 heterocycles. The minimum atomic E-state index is -0.888. The number of methoxy groups -OCH3 is 2. The van der Waals surface area contributed by atoms with Crippen LogP contribution in [0.5, 0.6) is 17.2 Å². The van der Waals surface area contributed by atoms with E-state index in [4.69, 9.17) is 14.2 Å². The van der Waals surface area contributed by atoms with Crippen LogP contribution in [-0.2, 0) is 6.54 Å². The Balaban J connectivity index is 1.84. The Morgan fingerprint density at radius 2 is 1.58 bits per heavy atom. The fourth-order valence-corrected chi connectivity index (χ4v) is 4.24. The Morgan fingerprint density at radius 1 is 0.861 bits per heavy atom. The standard InChI is InChI=1S/C28H28F2N2O4/c1-5-31(6-2)28(33)36-25-12-10-23-20(27(25)19-8-11-24(34-3)26(16-19)35-4)13-14-32(23)17-18-7-9-21(29)22(30)15-18/h7-16H,5-6,17H2,1-4H3. The molecule has 188 valence electrons. The van der Waals surface area contributed by atoms with Crippen molar-refractivity contribution in [1.82, 2.24) is 9.47 Å². The van der Waals surface area contributed by atoms with E-state index in [1.165, 1.54) is 6.07 Å². The van der Waals surface area contributed by atoms with Crippen LogP contribution in [0, 0.1) is 11.6 Å². The molecule has 0 N–H and O–H groups in total. The topological polar surface area (TPSA) is 52.9 Å². The van der Waals surface area contributed by atoms with Crippen molar-refractivity contribution in [2.24, 2.45) is 0 Å². The minimum Gasteiger partial charge on any atom is -0.493 e. The molecule has 0 atom stereocenters. The average molecular weight is 495 g/mol. The number of benzene rings is 3. The van der Waals surface area contributed by atoms with Gasteiger partial charge >= 0.3 is 6.09 Å². The van der Waals surface area contributed by atoms with E-state index in [1.807, 2.05) is 48.9 Å². The van der Waals surface area contributed by atoms with Gasteiger partial charge in [0.15, 0.2) is 23.1 Å². The molecule has 0 radical (unpaired) electrons. The number of aromatic nitrogens is 1. The van der Waals surface area contributed by atoms with Crippen molar-refractivity contribution in [3.63, 3.8) is 0 Å². The van der Waals surface area contributed by atoms with Gasteiger partial charge in [0, 0.05) is 42.3 Å². The van der Waals surface area contributed by atoms with E-state index < -0.39 is 17.7 Å². The maximum Gasteiger partial charge on any atom is 0.415 e. The van der Waals surface area contributed by atoms with Crippen LogP contribution in [0.15, 0.2) is 60.8 Å². The Bertz CT molecular complexity index is 1400. The van der Waals surface area contributed by atoms with E-state index in [0.29, 0.717) is 48.0 Å². The molecule has 0 aliphatic heterocycles. The molecule has 0 fully saturated rings. The molecular formula is C28H28F2N2O4. The molecule has 6 nitrogen and oxygen atoms in total. The monoisotopic (exact) mass is 494 g/mol. The summed E-state index contributed by atoms with van der Waals surface area (Å²) in [7, 11) is 3.12. The number of rotatable bonds is 8. The van der Waals surface area contributed by atoms with Crippen molar-refractivity contribution in [1.29, 1.82) is 0 Å². The largest absolute Gasteiger partial charge is 0.493 e. The number of amides is 1. The van der Waals surface area contributed by atoms with E-state index in [2.05, 4.69) is 0 Å². The zero-order valence-corrected chi connectivity index (χ0v) is 20.7. The lowest BCUT2D eigenvalue weighted by Gasteiger charge is -2.20. The van der Waals surface area contributed by atoms with Crippen LogP contribution in [0.2, 0.25) is 0 Å². The van der Waals surface area contributed by atoms with Crippen LogP contribution < -0.4 is 14.2 Å². The summed E-state index contributed by atoms with van der Waals surface area (Å²) in [6.07, 6.45) is 1.42. The third-order valence-corrected chi connectivity index (χ3v) is 6.14. The molecule has 0 aliphatic carbocycles. The summed E-state index contributed by atoms with van der Waals surface area (Å²) in [5.41, 5.74) is 2.94. The van der Waals surface area contributed by atoms with Gasteiger partial charge in [-0.2, -0.15) is 0 Å². The molecule has 0 spiro atoms. The van der Waals surface area contributed by atoms with Gasteiger partial charge in [-0.15, -0.1) is 0 Å². The van der Waals surface area contributed by atoms with E-state index in [0.717, 1.165) is 22.5 Å². The van der Waals surface area contributed by atoms with Gasteiger partial charge < -0.3 is 23.7 Å². The summed E-state index contributed by atoms with van der Waals surface area (Å²) in [4.78, 5) is 14.4. The van der Waals surface area contributed by atoms with Crippen molar-refractivity contribution in [2.45, 2.75) is 20.4 Å². The van der Waals surface area contributed by atoms with Crippen LogP contribution >= 0.6 is 0 Å².